The van der Waals surface area contributed by atoms with Crippen LogP contribution in [0.4, 0.5) is 5.69 Å². The number of sulfonamides is 1. The molecule has 0 aliphatic rings. The number of hydrogen-bond donors (Lipinski definition) is 1. The first-order chi connectivity index (χ1) is 19.1. The van der Waals surface area contributed by atoms with Crippen molar-refractivity contribution in [1.82, 2.24) is 10.2 Å². The molecule has 1 atom stereocenters. The number of aryl methyl sites for hydroxylation is 2. The highest BCUT2D eigenvalue weighted by molar-refractivity contribution is 7.98. The van der Waals surface area contributed by atoms with Gasteiger partial charge in [0, 0.05) is 18.0 Å². The lowest BCUT2D eigenvalue weighted by atomic mass is 10.1. The molecule has 40 heavy (non-hydrogen) atoms. The largest absolute Gasteiger partial charge is 0.354 e. The number of rotatable bonds is 13. The Kier molecular flexibility index (Phi) is 11.2. The third kappa shape index (κ3) is 8.11. The second-order valence-corrected chi connectivity index (χ2v) is 12.6. The molecular formula is C31H39N3O4S2. The van der Waals surface area contributed by atoms with Crippen LogP contribution in [0, 0.1) is 13.8 Å². The van der Waals surface area contributed by atoms with Crippen LogP contribution < -0.4 is 9.62 Å². The molecule has 214 valence electrons. The highest BCUT2D eigenvalue weighted by Crippen LogP contribution is 2.26. The molecule has 9 heteroatoms. The van der Waals surface area contributed by atoms with Gasteiger partial charge in [-0.3, -0.25) is 13.9 Å². The average Bonchev–Trinajstić information content (AvgIpc) is 2.94. The van der Waals surface area contributed by atoms with Gasteiger partial charge in [-0.05, 0) is 75.4 Å². The summed E-state index contributed by atoms with van der Waals surface area (Å²) < 4.78 is 29.0. The van der Waals surface area contributed by atoms with Crippen LogP contribution in [-0.2, 0) is 26.2 Å². The standard InChI is InChI=1S/C31H39N3O4S2/c1-6-7-19-32-31(36)25(4)33(21-26-10-8-9-24(3)20-26)30(35)22-34(27-13-11-23(2)12-14-27)40(37,38)29-17-15-28(39-5)16-18-29/h8-18,20,25H,6-7,19,21-22H2,1-5H3,(H,32,36). The van der Waals surface area contributed by atoms with E-state index in [1.54, 1.807) is 43.3 Å². The van der Waals surface area contributed by atoms with Crippen LogP contribution in [0.5, 0.6) is 0 Å². The summed E-state index contributed by atoms with van der Waals surface area (Å²) in [5, 5.41) is 2.91. The van der Waals surface area contributed by atoms with Crippen molar-refractivity contribution in [1.29, 1.82) is 0 Å². The molecule has 0 aliphatic heterocycles. The molecule has 3 aromatic rings. The minimum Gasteiger partial charge on any atom is -0.354 e. The predicted molar refractivity (Wildman–Crippen MR) is 163 cm³/mol. The number of amides is 2. The molecule has 2 amide bonds. The van der Waals surface area contributed by atoms with Crippen LogP contribution in [0.15, 0.2) is 82.6 Å². The van der Waals surface area contributed by atoms with Gasteiger partial charge >= 0.3 is 0 Å². The van der Waals surface area contributed by atoms with E-state index in [4.69, 9.17) is 0 Å². The van der Waals surface area contributed by atoms with Gasteiger partial charge in [0.05, 0.1) is 10.6 Å². The Bertz CT molecular complexity index is 1390. The normalized spacial score (nSPS) is 12.0. The molecule has 0 heterocycles. The van der Waals surface area contributed by atoms with E-state index in [0.29, 0.717) is 12.2 Å². The first-order valence-electron chi connectivity index (χ1n) is 13.4. The second kappa shape index (κ2) is 14.4. The third-order valence-corrected chi connectivity index (χ3v) is 9.21. The summed E-state index contributed by atoms with van der Waals surface area (Å²) in [6, 6.07) is 20.6. The smallest absolute Gasteiger partial charge is 0.264 e. The van der Waals surface area contributed by atoms with E-state index in [9.17, 15) is 18.0 Å². The number of nitrogens with zero attached hydrogens (tertiary/aromatic N) is 2. The number of carbonyl (C=O) groups excluding carboxylic acids is 2. The summed E-state index contributed by atoms with van der Waals surface area (Å²) >= 11 is 1.52. The van der Waals surface area contributed by atoms with Crippen LogP contribution in [0.2, 0.25) is 0 Å². The number of nitrogens with one attached hydrogen (secondary N) is 1. The molecule has 0 aromatic heterocycles. The van der Waals surface area contributed by atoms with Crippen molar-refractivity contribution in [2.45, 2.75) is 62.9 Å². The summed E-state index contributed by atoms with van der Waals surface area (Å²) in [6.45, 7) is 7.84. The maximum atomic E-state index is 14.0. The summed E-state index contributed by atoms with van der Waals surface area (Å²) in [5.41, 5.74) is 3.24. The van der Waals surface area contributed by atoms with Gasteiger partial charge in [0.25, 0.3) is 10.0 Å². The van der Waals surface area contributed by atoms with Crippen LogP contribution in [0.1, 0.15) is 43.4 Å². The highest BCUT2D eigenvalue weighted by Gasteiger charge is 2.32. The Hall–Kier alpha value is -3.30. The maximum absolute atomic E-state index is 14.0. The van der Waals surface area contributed by atoms with Gasteiger partial charge in [0.2, 0.25) is 11.8 Å². The fourth-order valence-corrected chi connectivity index (χ4v) is 6.06. The summed E-state index contributed by atoms with van der Waals surface area (Å²) in [5.74, 6) is -0.739. The van der Waals surface area contributed by atoms with Crippen LogP contribution in [0.25, 0.3) is 0 Å². The predicted octanol–water partition coefficient (Wildman–Crippen LogP) is 5.55. The molecule has 1 unspecified atom stereocenters. The molecule has 0 saturated carbocycles. The van der Waals surface area contributed by atoms with Gasteiger partial charge in [-0.2, -0.15) is 0 Å². The number of unbranched alkanes of at least 4 members (excludes halogenated alkanes) is 1. The van der Waals surface area contributed by atoms with Crippen molar-refractivity contribution in [3.8, 4) is 0 Å². The molecule has 0 aliphatic carbocycles. The number of anilines is 1. The number of benzene rings is 3. The fourth-order valence-electron chi connectivity index (χ4n) is 4.24. The van der Waals surface area contributed by atoms with Gasteiger partial charge in [-0.1, -0.05) is 60.9 Å². The fraction of sp³-hybridized carbons (Fsp3) is 0.355. The molecular weight excluding hydrogens is 542 g/mol. The van der Waals surface area contributed by atoms with E-state index in [1.807, 2.05) is 63.4 Å². The second-order valence-electron chi connectivity index (χ2n) is 9.85. The minimum absolute atomic E-state index is 0.0919. The third-order valence-electron chi connectivity index (χ3n) is 6.68. The lowest BCUT2D eigenvalue weighted by Gasteiger charge is -2.32. The molecule has 0 fully saturated rings. The van der Waals surface area contributed by atoms with E-state index in [-0.39, 0.29) is 17.3 Å². The van der Waals surface area contributed by atoms with Crippen molar-refractivity contribution >= 4 is 39.3 Å². The quantitative estimate of drug-likeness (QED) is 0.211. The lowest BCUT2D eigenvalue weighted by molar-refractivity contribution is -0.139. The van der Waals surface area contributed by atoms with E-state index >= 15 is 0 Å². The van der Waals surface area contributed by atoms with Crippen molar-refractivity contribution in [2.24, 2.45) is 0 Å². The number of hydrogen-bond acceptors (Lipinski definition) is 5. The maximum Gasteiger partial charge on any atom is 0.264 e. The van der Waals surface area contributed by atoms with Gasteiger partial charge in [0.1, 0.15) is 12.6 Å². The first-order valence-corrected chi connectivity index (χ1v) is 16.1. The van der Waals surface area contributed by atoms with Crippen LogP contribution in [0.3, 0.4) is 0 Å². The monoisotopic (exact) mass is 581 g/mol. The van der Waals surface area contributed by atoms with E-state index in [0.717, 1.165) is 38.7 Å². The highest BCUT2D eigenvalue weighted by atomic mass is 32.2. The lowest BCUT2D eigenvalue weighted by Crippen LogP contribution is -2.51. The molecule has 7 nitrogen and oxygen atoms in total. The summed E-state index contributed by atoms with van der Waals surface area (Å²) in [6.07, 6.45) is 3.68. The SMILES string of the molecule is CCCCNC(=O)C(C)N(Cc1cccc(C)c1)C(=O)CN(c1ccc(C)cc1)S(=O)(=O)c1ccc(SC)cc1. The molecule has 3 aromatic carbocycles. The number of thioether (sulfide) groups is 1. The molecule has 1 N–H and O–H groups in total. The van der Waals surface area contributed by atoms with Crippen molar-refractivity contribution in [3.63, 3.8) is 0 Å². The molecule has 0 bridgehead atoms. The van der Waals surface area contributed by atoms with Crippen molar-refractivity contribution in [3.05, 3.63) is 89.5 Å². The molecule has 3 rings (SSSR count). The zero-order chi connectivity index (χ0) is 29.3. The molecule has 0 spiro atoms. The van der Waals surface area contributed by atoms with Crippen LogP contribution in [-0.4, -0.2) is 50.5 Å². The van der Waals surface area contributed by atoms with Gasteiger partial charge in [-0.15, -0.1) is 11.8 Å². The van der Waals surface area contributed by atoms with E-state index in [1.165, 1.54) is 16.7 Å². The molecule has 0 saturated heterocycles. The Morgan fingerprint density at radius 3 is 2.23 bits per heavy atom. The minimum atomic E-state index is -4.09. The Morgan fingerprint density at radius 2 is 1.62 bits per heavy atom. The first kappa shape index (κ1) is 31.2. The van der Waals surface area contributed by atoms with E-state index < -0.39 is 28.5 Å². The number of carbonyl (C=O) groups is 2. The Balaban J connectivity index is 2.00. The van der Waals surface area contributed by atoms with Gasteiger partial charge in [0.15, 0.2) is 0 Å². The van der Waals surface area contributed by atoms with Crippen LogP contribution >= 0.6 is 11.8 Å². The average molecular weight is 582 g/mol. The Morgan fingerprint density at radius 1 is 0.950 bits per heavy atom. The topological polar surface area (TPSA) is 86.8 Å². The van der Waals surface area contributed by atoms with Gasteiger partial charge < -0.3 is 10.2 Å². The summed E-state index contributed by atoms with van der Waals surface area (Å²) in [7, 11) is -4.09. The molecule has 0 radical (unpaired) electrons. The Labute approximate surface area is 243 Å². The zero-order valence-corrected chi connectivity index (χ0v) is 25.5. The summed E-state index contributed by atoms with van der Waals surface area (Å²) in [4.78, 5) is 29.5. The van der Waals surface area contributed by atoms with Crippen molar-refractivity contribution < 1.29 is 18.0 Å². The van der Waals surface area contributed by atoms with Crippen molar-refractivity contribution in [2.75, 3.05) is 23.7 Å². The van der Waals surface area contributed by atoms with Gasteiger partial charge in [-0.25, -0.2) is 8.42 Å². The zero-order valence-electron chi connectivity index (χ0n) is 23.9. The van der Waals surface area contributed by atoms with E-state index in [2.05, 4.69) is 5.32 Å².